The van der Waals surface area contributed by atoms with E-state index in [0.717, 1.165) is 22.5 Å². The Labute approximate surface area is 156 Å². The van der Waals surface area contributed by atoms with Crippen LogP contribution in [0.25, 0.3) is 12.2 Å². The zero-order chi connectivity index (χ0) is 19.2. The zero-order valence-corrected chi connectivity index (χ0v) is 14.4. The molecule has 0 saturated carbocycles. The molecule has 27 heavy (non-hydrogen) atoms. The van der Waals surface area contributed by atoms with E-state index in [1.807, 2.05) is 60.7 Å². The van der Waals surface area contributed by atoms with Crippen molar-refractivity contribution in [1.82, 2.24) is 4.98 Å². The summed E-state index contributed by atoms with van der Waals surface area (Å²) in [7, 11) is 0. The Balaban J connectivity index is 0.000000197. The van der Waals surface area contributed by atoms with Crippen molar-refractivity contribution in [1.29, 1.82) is 0 Å². The Morgan fingerprint density at radius 2 is 1.22 bits per heavy atom. The molecule has 4 rings (SSSR count). The molecule has 134 valence electrons. The molecule has 1 aromatic heterocycles. The molecule has 0 unspecified atom stereocenters. The maximum absolute atomic E-state index is 11.8. The minimum atomic E-state index is -0.474. The van der Waals surface area contributed by atoms with E-state index in [1.54, 1.807) is 17.0 Å². The lowest BCUT2D eigenvalue weighted by Gasteiger charge is -2.22. The summed E-state index contributed by atoms with van der Waals surface area (Å²) >= 11 is 0. The summed E-state index contributed by atoms with van der Waals surface area (Å²) in [4.78, 5) is 27.4. The Bertz CT molecular complexity index is 950. The highest BCUT2D eigenvalue weighted by molar-refractivity contribution is 6.04. The largest absolute Gasteiger partial charge is 0.366 e. The smallest absolute Gasteiger partial charge is 0.323 e. The van der Waals surface area contributed by atoms with Crippen molar-refractivity contribution < 1.29 is 9.59 Å². The number of carbonyl (C=O) groups is 2. The molecular formula is C21H18N4O2. The second-order valence-corrected chi connectivity index (χ2v) is 5.72. The summed E-state index contributed by atoms with van der Waals surface area (Å²) < 4.78 is 0. The standard InChI is InChI=1S/C15H12N2O.C6H6N2O/c16-15(18)17-13-7-3-1-5-11(13)9-10-12-6-2-4-8-14(12)17;7-6(9)5-1-3-8-4-2-5/h1-10H,(H2,16,18);1-4H,(H2,7,9). The first-order chi connectivity index (χ1) is 13.1. The number of para-hydroxylation sites is 2. The molecule has 0 bridgehead atoms. The van der Waals surface area contributed by atoms with Crippen LogP contribution < -0.4 is 16.4 Å². The number of fused-ring (bicyclic) bond motifs is 2. The highest BCUT2D eigenvalue weighted by Gasteiger charge is 2.21. The summed E-state index contributed by atoms with van der Waals surface area (Å²) in [6.45, 7) is 0. The zero-order valence-electron chi connectivity index (χ0n) is 14.4. The molecule has 0 fully saturated rings. The molecule has 1 aliphatic heterocycles. The third kappa shape index (κ3) is 4.01. The molecule has 6 heteroatoms. The van der Waals surface area contributed by atoms with Gasteiger partial charge in [0, 0.05) is 18.0 Å². The van der Waals surface area contributed by atoms with Crippen molar-refractivity contribution in [3.8, 4) is 0 Å². The molecule has 0 atom stereocenters. The van der Waals surface area contributed by atoms with Crippen LogP contribution in [-0.4, -0.2) is 16.9 Å². The van der Waals surface area contributed by atoms with Gasteiger partial charge in [0.05, 0.1) is 11.4 Å². The van der Waals surface area contributed by atoms with Crippen LogP contribution in [-0.2, 0) is 0 Å². The fourth-order valence-electron chi connectivity index (χ4n) is 2.73. The lowest BCUT2D eigenvalue weighted by molar-refractivity contribution is 0.1000. The minimum absolute atomic E-state index is 0.419. The third-order valence-electron chi connectivity index (χ3n) is 3.98. The van der Waals surface area contributed by atoms with Gasteiger partial charge in [-0.15, -0.1) is 0 Å². The van der Waals surface area contributed by atoms with Crippen molar-refractivity contribution in [2.75, 3.05) is 4.90 Å². The van der Waals surface area contributed by atoms with E-state index in [-0.39, 0.29) is 0 Å². The van der Waals surface area contributed by atoms with Crippen LogP contribution >= 0.6 is 0 Å². The fourth-order valence-corrected chi connectivity index (χ4v) is 2.73. The summed E-state index contributed by atoms with van der Waals surface area (Å²) in [6, 6.07) is 18.1. The SMILES string of the molecule is NC(=O)N1c2ccccc2C=Cc2ccccc21.NC(=O)c1ccncc1. The average Bonchev–Trinajstić information content (AvgIpc) is 2.86. The van der Waals surface area contributed by atoms with Gasteiger partial charge in [0.1, 0.15) is 0 Å². The number of rotatable bonds is 1. The van der Waals surface area contributed by atoms with Gasteiger partial charge in [-0.2, -0.15) is 0 Å². The number of nitrogens with zero attached hydrogens (tertiary/aromatic N) is 2. The van der Waals surface area contributed by atoms with E-state index in [0.29, 0.717) is 5.56 Å². The molecule has 0 aliphatic carbocycles. The number of carbonyl (C=O) groups excluding carboxylic acids is 2. The summed E-state index contributed by atoms with van der Waals surface area (Å²) in [5, 5.41) is 0. The topological polar surface area (TPSA) is 102 Å². The fraction of sp³-hybridized carbons (Fsp3) is 0. The number of aromatic nitrogens is 1. The predicted octanol–water partition coefficient (Wildman–Crippen LogP) is 3.57. The summed E-state index contributed by atoms with van der Waals surface area (Å²) in [6.07, 6.45) is 7.05. The minimum Gasteiger partial charge on any atom is -0.366 e. The van der Waals surface area contributed by atoms with E-state index in [9.17, 15) is 9.59 Å². The number of hydrogen-bond donors (Lipinski definition) is 2. The van der Waals surface area contributed by atoms with Gasteiger partial charge < -0.3 is 11.5 Å². The molecule has 3 aromatic rings. The van der Waals surface area contributed by atoms with Crippen LogP contribution in [0.4, 0.5) is 16.2 Å². The molecular weight excluding hydrogens is 340 g/mol. The number of pyridine rings is 1. The molecule has 0 spiro atoms. The maximum atomic E-state index is 11.8. The average molecular weight is 358 g/mol. The van der Waals surface area contributed by atoms with Gasteiger partial charge in [-0.05, 0) is 35.4 Å². The Kier molecular flexibility index (Phi) is 5.28. The monoisotopic (exact) mass is 358 g/mol. The third-order valence-corrected chi connectivity index (χ3v) is 3.98. The highest BCUT2D eigenvalue weighted by atomic mass is 16.2. The lowest BCUT2D eigenvalue weighted by atomic mass is 10.1. The number of amides is 3. The van der Waals surface area contributed by atoms with Gasteiger partial charge in [-0.25, -0.2) is 4.79 Å². The van der Waals surface area contributed by atoms with Gasteiger partial charge in [0.15, 0.2) is 0 Å². The van der Waals surface area contributed by atoms with E-state index >= 15 is 0 Å². The normalized spacial score (nSPS) is 11.3. The molecule has 0 saturated heterocycles. The lowest BCUT2D eigenvalue weighted by Crippen LogP contribution is -2.32. The first kappa shape index (κ1) is 17.9. The molecule has 0 radical (unpaired) electrons. The van der Waals surface area contributed by atoms with E-state index < -0.39 is 11.9 Å². The first-order valence-electron chi connectivity index (χ1n) is 8.23. The second-order valence-electron chi connectivity index (χ2n) is 5.72. The van der Waals surface area contributed by atoms with Gasteiger partial charge in [0.2, 0.25) is 5.91 Å². The number of anilines is 2. The summed E-state index contributed by atoms with van der Waals surface area (Å²) in [5.41, 5.74) is 14.5. The maximum Gasteiger partial charge on any atom is 0.323 e. The number of primary amides is 2. The van der Waals surface area contributed by atoms with Crippen LogP contribution in [0.3, 0.4) is 0 Å². The molecule has 3 amide bonds. The van der Waals surface area contributed by atoms with Crippen molar-refractivity contribution >= 4 is 35.5 Å². The summed E-state index contributed by atoms with van der Waals surface area (Å²) in [5.74, 6) is -0.419. The molecule has 1 aliphatic rings. The van der Waals surface area contributed by atoms with Gasteiger partial charge in [-0.3, -0.25) is 14.7 Å². The number of benzene rings is 2. The van der Waals surface area contributed by atoms with Crippen LogP contribution in [0.15, 0.2) is 73.1 Å². The Hall–Kier alpha value is -3.93. The molecule has 2 aromatic carbocycles. The van der Waals surface area contributed by atoms with Crippen LogP contribution in [0.5, 0.6) is 0 Å². The molecule has 2 heterocycles. The van der Waals surface area contributed by atoms with E-state index in [1.165, 1.54) is 12.4 Å². The van der Waals surface area contributed by atoms with Crippen molar-refractivity contribution in [2.45, 2.75) is 0 Å². The van der Waals surface area contributed by atoms with Crippen molar-refractivity contribution in [3.63, 3.8) is 0 Å². The Morgan fingerprint density at radius 1 is 0.741 bits per heavy atom. The van der Waals surface area contributed by atoms with Gasteiger partial charge in [-0.1, -0.05) is 48.6 Å². The Morgan fingerprint density at radius 3 is 1.63 bits per heavy atom. The van der Waals surface area contributed by atoms with Crippen molar-refractivity contribution in [3.05, 3.63) is 89.7 Å². The number of urea groups is 1. The van der Waals surface area contributed by atoms with Gasteiger partial charge >= 0.3 is 6.03 Å². The molecule has 6 nitrogen and oxygen atoms in total. The quantitative estimate of drug-likeness (QED) is 0.695. The first-order valence-corrected chi connectivity index (χ1v) is 8.23. The number of hydrogen-bond acceptors (Lipinski definition) is 3. The van der Waals surface area contributed by atoms with E-state index in [4.69, 9.17) is 11.5 Å². The van der Waals surface area contributed by atoms with Crippen molar-refractivity contribution in [2.24, 2.45) is 11.5 Å². The molecule has 4 N–H and O–H groups in total. The predicted molar refractivity (Wildman–Crippen MR) is 106 cm³/mol. The van der Waals surface area contributed by atoms with Crippen LogP contribution in [0.1, 0.15) is 21.5 Å². The second kappa shape index (κ2) is 7.97. The van der Waals surface area contributed by atoms with Gasteiger partial charge in [0.25, 0.3) is 0 Å². The van der Waals surface area contributed by atoms with Crippen LogP contribution in [0.2, 0.25) is 0 Å². The highest BCUT2D eigenvalue weighted by Crippen LogP contribution is 2.35. The van der Waals surface area contributed by atoms with Crippen LogP contribution in [0, 0.1) is 0 Å². The number of nitrogens with two attached hydrogens (primary N) is 2. The van der Waals surface area contributed by atoms with E-state index in [2.05, 4.69) is 4.98 Å².